The van der Waals surface area contributed by atoms with Crippen molar-refractivity contribution in [2.45, 2.75) is 26.1 Å². The van der Waals surface area contributed by atoms with Gasteiger partial charge in [-0.15, -0.1) is 0 Å². The molecule has 3 N–H and O–H groups in total. The van der Waals surface area contributed by atoms with Crippen molar-refractivity contribution in [1.29, 1.82) is 0 Å². The molecule has 4 rings (SSSR count). The van der Waals surface area contributed by atoms with Gasteiger partial charge < -0.3 is 20.4 Å². The molecule has 0 bridgehead atoms. The fourth-order valence-corrected chi connectivity index (χ4v) is 3.39. The summed E-state index contributed by atoms with van der Waals surface area (Å²) in [4.78, 5) is 15.6. The smallest absolute Gasteiger partial charge is 0.395 e. The van der Waals surface area contributed by atoms with Crippen LogP contribution in [0.1, 0.15) is 24.0 Å². The van der Waals surface area contributed by atoms with Gasteiger partial charge in [0.2, 0.25) is 11.8 Å². The van der Waals surface area contributed by atoms with E-state index in [1.54, 1.807) is 30.3 Å². The number of H-pyrrole nitrogens is 1. The van der Waals surface area contributed by atoms with Crippen LogP contribution in [0.4, 0.5) is 24.8 Å². The molecule has 3 aromatic rings. The predicted octanol–water partition coefficient (Wildman–Crippen LogP) is 4.59. The number of allylic oxidation sites excluding steroid dienone is 1. The lowest BCUT2D eigenvalue weighted by Gasteiger charge is -2.23. The molecular formula is C21H21F3N6O. The monoisotopic (exact) mass is 430 g/mol. The van der Waals surface area contributed by atoms with Crippen molar-refractivity contribution in [2.24, 2.45) is 5.92 Å². The summed E-state index contributed by atoms with van der Waals surface area (Å²) in [5.41, 5.74) is 2.79. The van der Waals surface area contributed by atoms with Gasteiger partial charge in [-0.3, -0.25) is 0 Å². The predicted molar refractivity (Wildman–Crippen MR) is 110 cm³/mol. The molecule has 0 radical (unpaired) electrons. The Morgan fingerprint density at radius 1 is 1.19 bits per heavy atom. The maximum Gasteiger partial charge on any atom is 0.395 e. The Morgan fingerprint density at radius 2 is 1.97 bits per heavy atom. The summed E-state index contributed by atoms with van der Waals surface area (Å²) >= 11 is 0. The average Bonchev–Trinajstić information content (AvgIpc) is 3.10. The molecule has 0 spiro atoms. The molecule has 1 unspecified atom stereocenters. The highest BCUT2D eigenvalue weighted by molar-refractivity contribution is 5.61. The highest BCUT2D eigenvalue weighted by Crippen LogP contribution is 2.39. The molecular weight excluding hydrogens is 409 g/mol. The van der Waals surface area contributed by atoms with E-state index in [2.05, 4.69) is 30.6 Å². The zero-order chi connectivity index (χ0) is 22.0. The Balaban J connectivity index is 1.43. The first-order valence-corrected chi connectivity index (χ1v) is 9.66. The van der Waals surface area contributed by atoms with Gasteiger partial charge in [0, 0.05) is 30.4 Å². The van der Waals surface area contributed by atoms with Crippen LogP contribution in [0.5, 0.6) is 11.6 Å². The summed E-state index contributed by atoms with van der Waals surface area (Å²) < 4.78 is 45.3. The minimum absolute atomic E-state index is 0.142. The van der Waals surface area contributed by atoms with E-state index in [1.807, 2.05) is 7.05 Å². The van der Waals surface area contributed by atoms with Crippen molar-refractivity contribution in [2.75, 3.05) is 12.4 Å². The van der Waals surface area contributed by atoms with Crippen LogP contribution in [0.3, 0.4) is 0 Å². The van der Waals surface area contributed by atoms with Crippen LogP contribution in [-0.4, -0.2) is 33.2 Å². The molecule has 2 heterocycles. The van der Waals surface area contributed by atoms with Crippen molar-refractivity contribution in [3.8, 4) is 11.6 Å². The molecule has 162 valence electrons. The molecule has 0 saturated heterocycles. The van der Waals surface area contributed by atoms with Crippen molar-refractivity contribution in [3.05, 3.63) is 59.3 Å². The zero-order valence-electron chi connectivity index (χ0n) is 16.9. The van der Waals surface area contributed by atoms with Crippen LogP contribution >= 0.6 is 0 Å². The zero-order valence-corrected chi connectivity index (χ0v) is 16.9. The van der Waals surface area contributed by atoms with Crippen molar-refractivity contribution < 1.29 is 17.9 Å². The Morgan fingerprint density at radius 3 is 2.68 bits per heavy atom. The number of aromatic amines is 1. The minimum atomic E-state index is -4.27. The summed E-state index contributed by atoms with van der Waals surface area (Å²) in [7, 11) is 1.83. The number of aromatic nitrogens is 4. The number of rotatable bonds is 6. The Bertz CT molecular complexity index is 1090. The molecule has 1 atom stereocenters. The van der Waals surface area contributed by atoms with Crippen LogP contribution < -0.4 is 15.4 Å². The third-order valence-corrected chi connectivity index (χ3v) is 4.92. The average molecular weight is 430 g/mol. The number of nitrogens with one attached hydrogen (secondary N) is 3. The lowest BCUT2D eigenvalue weighted by Crippen LogP contribution is -2.28. The first kappa shape index (κ1) is 20.9. The summed E-state index contributed by atoms with van der Waals surface area (Å²) in [5, 5.41) is 6.09. The third kappa shape index (κ3) is 4.85. The van der Waals surface area contributed by atoms with Gasteiger partial charge in [0.25, 0.3) is 0 Å². The van der Waals surface area contributed by atoms with Crippen LogP contribution in [0, 0.1) is 5.92 Å². The van der Waals surface area contributed by atoms with E-state index in [-0.39, 0.29) is 12.0 Å². The van der Waals surface area contributed by atoms with Gasteiger partial charge >= 0.3 is 6.18 Å². The minimum Gasteiger partial charge on any atom is -0.439 e. The summed E-state index contributed by atoms with van der Waals surface area (Å²) in [6.45, 7) is 2.09. The Kier molecular flexibility index (Phi) is 5.64. The lowest BCUT2D eigenvalue weighted by atomic mass is 9.89. The maximum atomic E-state index is 13.2. The number of anilines is 2. The van der Waals surface area contributed by atoms with E-state index in [0.717, 1.165) is 5.69 Å². The second-order valence-electron chi connectivity index (χ2n) is 7.27. The van der Waals surface area contributed by atoms with Gasteiger partial charge in [-0.05, 0) is 44.3 Å². The topological polar surface area (TPSA) is 87.8 Å². The summed E-state index contributed by atoms with van der Waals surface area (Å²) in [6, 6.07) is 8.83. The first-order valence-electron chi connectivity index (χ1n) is 9.66. The fourth-order valence-electron chi connectivity index (χ4n) is 3.39. The van der Waals surface area contributed by atoms with Crippen LogP contribution in [0.15, 0.2) is 42.2 Å². The molecule has 0 aliphatic heterocycles. The number of halogens is 3. The fraction of sp³-hybridized carbons (Fsp3) is 0.286. The van der Waals surface area contributed by atoms with Crippen LogP contribution in [0.2, 0.25) is 0 Å². The van der Waals surface area contributed by atoms with Crippen molar-refractivity contribution >= 4 is 17.7 Å². The number of alkyl halides is 3. The van der Waals surface area contributed by atoms with Gasteiger partial charge in [0.15, 0.2) is 0 Å². The number of hydrogen-bond donors (Lipinski definition) is 3. The van der Waals surface area contributed by atoms with E-state index in [0.29, 0.717) is 41.2 Å². The van der Waals surface area contributed by atoms with Crippen molar-refractivity contribution in [3.63, 3.8) is 0 Å². The molecule has 0 amide bonds. The van der Waals surface area contributed by atoms with E-state index in [1.165, 1.54) is 19.3 Å². The molecule has 10 heteroatoms. The molecule has 31 heavy (non-hydrogen) atoms. The second-order valence-corrected chi connectivity index (χ2v) is 7.27. The van der Waals surface area contributed by atoms with E-state index < -0.39 is 12.1 Å². The van der Waals surface area contributed by atoms with E-state index >= 15 is 0 Å². The number of hydrogen-bond acceptors (Lipinski definition) is 6. The van der Waals surface area contributed by atoms with Gasteiger partial charge in [0.1, 0.15) is 12.1 Å². The standard InChI is InChI=1S/C21H21F3N6O/c1-12-7-17-18(9-16(12)21(22,23)24)30-20(29-17)28-13-3-5-15(6-4-13)31-19-8-14(10-25-2)26-11-27-19/h3-8,11,16,25H,9-10H2,1-2H3,(H2,28,29,30). The van der Waals surface area contributed by atoms with Crippen molar-refractivity contribution in [1.82, 2.24) is 25.3 Å². The summed E-state index contributed by atoms with van der Waals surface area (Å²) in [6.07, 6.45) is -1.49. The van der Waals surface area contributed by atoms with Crippen LogP contribution in [-0.2, 0) is 13.0 Å². The van der Waals surface area contributed by atoms with E-state index in [4.69, 9.17) is 4.74 Å². The van der Waals surface area contributed by atoms with Gasteiger partial charge in [0.05, 0.1) is 17.3 Å². The highest BCUT2D eigenvalue weighted by atomic mass is 19.4. The maximum absolute atomic E-state index is 13.2. The van der Waals surface area contributed by atoms with Gasteiger partial charge in [-0.1, -0.05) is 5.57 Å². The van der Waals surface area contributed by atoms with Crippen LogP contribution in [0.25, 0.3) is 6.08 Å². The quantitative estimate of drug-likeness (QED) is 0.530. The van der Waals surface area contributed by atoms with Gasteiger partial charge in [-0.25, -0.2) is 15.0 Å². The SMILES string of the molecule is CNCc1cc(Oc2ccc(Nc3nc4c([nH]3)CC(C(F)(F)F)C(C)=C4)cc2)ncn1. The largest absolute Gasteiger partial charge is 0.439 e. The summed E-state index contributed by atoms with van der Waals surface area (Å²) in [5.74, 6) is -0.0794. The number of fused-ring (bicyclic) bond motifs is 1. The first-order chi connectivity index (χ1) is 14.8. The normalized spacial score (nSPS) is 15.9. The Labute approximate surface area is 176 Å². The molecule has 1 aromatic carbocycles. The number of imidazole rings is 1. The molecule has 0 saturated carbocycles. The number of ether oxygens (including phenoxy) is 1. The molecule has 7 nitrogen and oxygen atoms in total. The third-order valence-electron chi connectivity index (χ3n) is 4.92. The number of nitrogens with zero attached hydrogens (tertiary/aromatic N) is 3. The van der Waals surface area contributed by atoms with Gasteiger partial charge in [-0.2, -0.15) is 13.2 Å². The molecule has 1 aliphatic rings. The highest BCUT2D eigenvalue weighted by Gasteiger charge is 2.42. The molecule has 1 aliphatic carbocycles. The molecule has 0 fully saturated rings. The second kappa shape index (κ2) is 8.38. The van der Waals surface area contributed by atoms with E-state index in [9.17, 15) is 13.2 Å². The molecule has 2 aromatic heterocycles. The number of benzene rings is 1. The lowest BCUT2D eigenvalue weighted by molar-refractivity contribution is -0.163. The Hall–Kier alpha value is -3.40.